The third kappa shape index (κ3) is 6.32. The van der Waals surface area contributed by atoms with Crippen molar-refractivity contribution in [3.8, 4) is 0 Å². The van der Waals surface area contributed by atoms with Crippen molar-refractivity contribution in [2.75, 3.05) is 0 Å². The second-order valence-electron chi connectivity index (χ2n) is 6.21. The maximum Gasteiger partial charge on any atom is 0.237 e. The van der Waals surface area contributed by atoms with E-state index in [2.05, 4.69) is 21.2 Å². The number of hydrogen-bond acceptors (Lipinski definition) is 2. The number of amides is 1. The summed E-state index contributed by atoms with van der Waals surface area (Å²) in [5, 5.41) is 2.90. The van der Waals surface area contributed by atoms with Crippen molar-refractivity contribution in [1.82, 2.24) is 5.32 Å². The molecule has 0 saturated heterocycles. The molecule has 0 aliphatic heterocycles. The van der Waals surface area contributed by atoms with Crippen LogP contribution in [0, 0.1) is 11.2 Å². The molecular weight excluding hydrogens is 359 g/mol. The lowest BCUT2D eigenvalue weighted by Gasteiger charge is -2.27. The van der Waals surface area contributed by atoms with Crippen LogP contribution in [0.5, 0.6) is 0 Å². The number of benzene rings is 1. The van der Waals surface area contributed by atoms with Crippen molar-refractivity contribution in [3.63, 3.8) is 0 Å². The van der Waals surface area contributed by atoms with Crippen LogP contribution in [0.3, 0.4) is 0 Å². The third-order valence-corrected chi connectivity index (χ3v) is 3.74. The highest BCUT2D eigenvalue weighted by Gasteiger charge is 2.28. The second-order valence-corrected chi connectivity index (χ2v) is 7.06. The zero-order valence-corrected chi connectivity index (χ0v) is 15.1. The predicted octanol–water partition coefficient (Wildman–Crippen LogP) is 3.43. The fourth-order valence-corrected chi connectivity index (χ4v) is 2.22. The minimum atomic E-state index is -0.551. The Bertz CT molecular complexity index is 491. The van der Waals surface area contributed by atoms with E-state index in [9.17, 15) is 9.18 Å². The predicted molar refractivity (Wildman–Crippen MR) is 90.1 cm³/mol. The Kier molecular flexibility index (Phi) is 7.86. The van der Waals surface area contributed by atoms with Gasteiger partial charge in [-0.05, 0) is 52.4 Å². The summed E-state index contributed by atoms with van der Waals surface area (Å²) in [6.45, 7) is 7.70. The smallest absolute Gasteiger partial charge is 0.237 e. The molecule has 1 rings (SSSR count). The topological polar surface area (TPSA) is 55.1 Å². The van der Waals surface area contributed by atoms with Crippen molar-refractivity contribution in [1.29, 1.82) is 0 Å². The first-order chi connectivity index (χ1) is 9.11. The van der Waals surface area contributed by atoms with Gasteiger partial charge in [0, 0.05) is 6.04 Å². The van der Waals surface area contributed by atoms with Gasteiger partial charge in [-0.1, -0.05) is 26.8 Å². The molecule has 6 heteroatoms. The number of rotatable bonds is 4. The van der Waals surface area contributed by atoms with Crippen molar-refractivity contribution >= 4 is 34.2 Å². The highest BCUT2D eigenvalue weighted by atomic mass is 79.9. The average molecular weight is 382 g/mol. The molecule has 1 aromatic rings. The highest BCUT2D eigenvalue weighted by Crippen LogP contribution is 2.19. The van der Waals surface area contributed by atoms with E-state index in [0.717, 1.165) is 5.56 Å². The zero-order chi connectivity index (χ0) is 15.5. The Labute approximate surface area is 140 Å². The molecule has 0 saturated carbocycles. The molecule has 1 aromatic carbocycles. The normalized spacial score (nSPS) is 14.0. The van der Waals surface area contributed by atoms with Crippen LogP contribution in [0.4, 0.5) is 4.39 Å². The van der Waals surface area contributed by atoms with Gasteiger partial charge in [0.15, 0.2) is 0 Å². The van der Waals surface area contributed by atoms with Crippen LogP contribution in [0.1, 0.15) is 33.3 Å². The third-order valence-electron chi connectivity index (χ3n) is 3.13. The number of carbonyl (C=O) groups is 1. The van der Waals surface area contributed by atoms with Crippen LogP contribution < -0.4 is 11.1 Å². The van der Waals surface area contributed by atoms with Gasteiger partial charge in [-0.3, -0.25) is 4.79 Å². The maximum absolute atomic E-state index is 13.2. The monoisotopic (exact) mass is 380 g/mol. The van der Waals surface area contributed by atoms with Gasteiger partial charge < -0.3 is 11.1 Å². The summed E-state index contributed by atoms with van der Waals surface area (Å²) in [7, 11) is 0. The standard InChI is InChI=1S/C15H22BrFN2O.ClH/c1-9(19-14(20)13(18)15(2,3)4)7-10-5-6-12(17)11(16)8-10;/h5-6,8-9,13H,7,18H2,1-4H3,(H,19,20);1H/t9?,13-;/m1./s1. The summed E-state index contributed by atoms with van der Waals surface area (Å²) in [5.74, 6) is -0.452. The molecule has 0 aliphatic rings. The van der Waals surface area contributed by atoms with E-state index in [0.29, 0.717) is 10.9 Å². The lowest BCUT2D eigenvalue weighted by molar-refractivity contribution is -0.125. The molecule has 0 bridgehead atoms. The molecule has 21 heavy (non-hydrogen) atoms. The molecule has 0 aromatic heterocycles. The van der Waals surface area contributed by atoms with E-state index in [1.807, 2.05) is 27.7 Å². The van der Waals surface area contributed by atoms with Gasteiger partial charge in [0.2, 0.25) is 5.91 Å². The first kappa shape index (κ1) is 20.3. The Balaban J connectivity index is 0.00000400. The van der Waals surface area contributed by atoms with E-state index in [-0.39, 0.29) is 35.6 Å². The SMILES string of the molecule is CC(Cc1ccc(F)c(Br)c1)NC(=O)[C@@H](N)C(C)(C)C.Cl. The Morgan fingerprint density at radius 3 is 2.48 bits per heavy atom. The van der Waals surface area contributed by atoms with E-state index < -0.39 is 6.04 Å². The highest BCUT2D eigenvalue weighted by molar-refractivity contribution is 9.10. The Morgan fingerprint density at radius 2 is 2.00 bits per heavy atom. The molecule has 3 N–H and O–H groups in total. The quantitative estimate of drug-likeness (QED) is 0.839. The van der Waals surface area contributed by atoms with Gasteiger partial charge in [-0.25, -0.2) is 4.39 Å². The van der Waals surface area contributed by atoms with Crippen molar-refractivity contribution in [2.24, 2.45) is 11.1 Å². The molecule has 0 heterocycles. The fourth-order valence-electron chi connectivity index (χ4n) is 1.80. The number of halogens is 3. The van der Waals surface area contributed by atoms with Crippen molar-refractivity contribution < 1.29 is 9.18 Å². The molecule has 2 atom stereocenters. The molecule has 1 amide bonds. The fraction of sp³-hybridized carbons (Fsp3) is 0.533. The number of hydrogen-bond donors (Lipinski definition) is 2. The minimum Gasteiger partial charge on any atom is -0.352 e. The lowest BCUT2D eigenvalue weighted by atomic mass is 9.87. The minimum absolute atomic E-state index is 0. The Morgan fingerprint density at radius 1 is 1.43 bits per heavy atom. The van der Waals surface area contributed by atoms with E-state index >= 15 is 0 Å². The zero-order valence-electron chi connectivity index (χ0n) is 12.7. The molecule has 3 nitrogen and oxygen atoms in total. The largest absolute Gasteiger partial charge is 0.352 e. The summed E-state index contributed by atoms with van der Waals surface area (Å²) in [6.07, 6.45) is 0.626. The number of nitrogens with one attached hydrogen (secondary N) is 1. The van der Waals surface area contributed by atoms with Crippen LogP contribution in [-0.4, -0.2) is 18.0 Å². The van der Waals surface area contributed by atoms with Crippen molar-refractivity contribution in [3.05, 3.63) is 34.1 Å². The summed E-state index contributed by atoms with van der Waals surface area (Å²) in [4.78, 5) is 12.0. The summed E-state index contributed by atoms with van der Waals surface area (Å²) in [6, 6.07) is 4.24. The molecule has 0 radical (unpaired) electrons. The number of carbonyl (C=O) groups excluding carboxylic acids is 1. The van der Waals surface area contributed by atoms with Crippen LogP contribution >= 0.6 is 28.3 Å². The molecule has 1 unspecified atom stereocenters. The van der Waals surface area contributed by atoms with Crippen LogP contribution in [0.15, 0.2) is 22.7 Å². The van der Waals surface area contributed by atoms with Crippen LogP contribution in [-0.2, 0) is 11.2 Å². The molecule has 0 fully saturated rings. The van der Waals surface area contributed by atoms with Gasteiger partial charge in [0.25, 0.3) is 0 Å². The Hall–Kier alpha value is -0.650. The molecule has 0 spiro atoms. The van der Waals surface area contributed by atoms with Gasteiger partial charge >= 0.3 is 0 Å². The average Bonchev–Trinajstić information content (AvgIpc) is 2.31. The van der Waals surface area contributed by atoms with Gasteiger partial charge in [0.1, 0.15) is 5.82 Å². The van der Waals surface area contributed by atoms with E-state index in [4.69, 9.17) is 5.73 Å². The van der Waals surface area contributed by atoms with Gasteiger partial charge in [-0.2, -0.15) is 0 Å². The van der Waals surface area contributed by atoms with E-state index in [1.165, 1.54) is 6.07 Å². The first-order valence-corrected chi connectivity index (χ1v) is 7.40. The maximum atomic E-state index is 13.2. The molecule has 0 aliphatic carbocycles. The second kappa shape index (κ2) is 8.11. The lowest BCUT2D eigenvalue weighted by Crippen LogP contribution is -2.51. The number of nitrogens with two attached hydrogens (primary N) is 1. The van der Waals surface area contributed by atoms with Gasteiger partial charge in [0.05, 0.1) is 10.5 Å². The van der Waals surface area contributed by atoms with Crippen LogP contribution in [0.2, 0.25) is 0 Å². The van der Waals surface area contributed by atoms with Crippen LogP contribution in [0.25, 0.3) is 0 Å². The summed E-state index contributed by atoms with van der Waals surface area (Å²) >= 11 is 3.15. The molecular formula is C15H23BrClFN2O. The summed E-state index contributed by atoms with van der Waals surface area (Å²) < 4.78 is 13.6. The van der Waals surface area contributed by atoms with E-state index in [1.54, 1.807) is 12.1 Å². The van der Waals surface area contributed by atoms with Crippen molar-refractivity contribution in [2.45, 2.75) is 46.2 Å². The molecule has 120 valence electrons. The first-order valence-electron chi connectivity index (χ1n) is 6.61. The summed E-state index contributed by atoms with van der Waals surface area (Å²) in [5.41, 5.74) is 6.59. The van der Waals surface area contributed by atoms with Gasteiger partial charge in [-0.15, -0.1) is 12.4 Å².